The highest BCUT2D eigenvalue weighted by atomic mass is 35.5. The molecule has 0 saturated carbocycles. The Balaban J connectivity index is 2.96. The Morgan fingerprint density at radius 3 is 2.90 bits per heavy atom. The van der Waals surface area contributed by atoms with Gasteiger partial charge in [-0.3, -0.25) is 0 Å². The van der Waals surface area contributed by atoms with Crippen LogP contribution in [0.4, 0.5) is 0 Å². The Kier molecular flexibility index (Phi) is 2.54. The number of hydrogen-bond donors (Lipinski definition) is 0. The Morgan fingerprint density at radius 2 is 2.50 bits per heavy atom. The minimum atomic E-state index is -1.02. The number of halogens is 1. The Hall–Kier alpha value is -0.250. The summed E-state index contributed by atoms with van der Waals surface area (Å²) in [6, 6.07) is 4.29. The lowest BCUT2D eigenvalue weighted by Crippen LogP contribution is -1.97. The van der Waals surface area contributed by atoms with Crippen LogP contribution < -0.4 is 0 Å². The van der Waals surface area contributed by atoms with Crippen molar-refractivity contribution in [3.05, 3.63) is 23.5 Å². The molecular weight excluding hydrogens is 170 g/mol. The van der Waals surface area contributed by atoms with E-state index in [1.165, 1.54) is 6.20 Å². The summed E-state index contributed by atoms with van der Waals surface area (Å²) in [5.74, 6) is 0. The molecule has 10 heavy (non-hydrogen) atoms. The SMILES string of the molecule is C[S+]([O-])c1[c]c(Cl)ncc1. The number of rotatable bonds is 1. The highest BCUT2D eigenvalue weighted by Crippen LogP contribution is 2.10. The Bertz CT molecular complexity index is 229. The van der Waals surface area contributed by atoms with Gasteiger partial charge in [-0.2, -0.15) is 0 Å². The van der Waals surface area contributed by atoms with Crippen molar-refractivity contribution in [2.75, 3.05) is 6.26 Å². The second-order valence-electron chi connectivity index (χ2n) is 1.68. The van der Waals surface area contributed by atoms with Crippen molar-refractivity contribution in [2.45, 2.75) is 4.90 Å². The third kappa shape index (κ3) is 1.87. The molecule has 0 fully saturated rings. The molecule has 0 aliphatic heterocycles. The van der Waals surface area contributed by atoms with Crippen molar-refractivity contribution < 1.29 is 4.55 Å². The summed E-state index contributed by atoms with van der Waals surface area (Å²) in [5, 5.41) is 0.257. The zero-order chi connectivity index (χ0) is 7.56. The Labute approximate surface area is 67.4 Å². The summed E-state index contributed by atoms with van der Waals surface area (Å²) in [7, 11) is 0. The van der Waals surface area contributed by atoms with Crippen LogP contribution in [0.2, 0.25) is 5.15 Å². The lowest BCUT2D eigenvalue weighted by atomic mass is 10.5. The molecule has 1 rings (SSSR count). The summed E-state index contributed by atoms with van der Waals surface area (Å²) in [6.45, 7) is 0. The van der Waals surface area contributed by atoms with Crippen molar-refractivity contribution in [3.63, 3.8) is 0 Å². The third-order valence-electron chi connectivity index (χ3n) is 0.950. The molecule has 0 saturated heterocycles. The molecule has 53 valence electrons. The van der Waals surface area contributed by atoms with Crippen LogP contribution in [0.15, 0.2) is 17.2 Å². The van der Waals surface area contributed by atoms with Crippen molar-refractivity contribution in [3.8, 4) is 0 Å². The van der Waals surface area contributed by atoms with Gasteiger partial charge in [-0.1, -0.05) is 11.6 Å². The average Bonchev–Trinajstić information content (AvgIpc) is 1.88. The molecule has 1 atom stereocenters. The minimum absolute atomic E-state index is 0.257. The first kappa shape index (κ1) is 7.85. The van der Waals surface area contributed by atoms with Crippen LogP contribution in [0.1, 0.15) is 0 Å². The number of nitrogens with zero attached hydrogens (tertiary/aromatic N) is 1. The summed E-state index contributed by atoms with van der Waals surface area (Å²) >= 11 is 4.47. The predicted molar refractivity (Wildman–Crippen MR) is 40.4 cm³/mol. The first-order valence-corrected chi connectivity index (χ1v) is 4.51. The van der Waals surface area contributed by atoms with Crippen molar-refractivity contribution >= 4 is 22.8 Å². The summed E-state index contributed by atoms with van der Waals surface area (Å²) in [5.41, 5.74) is 0. The van der Waals surface area contributed by atoms with Gasteiger partial charge in [0.05, 0.1) is 6.07 Å². The van der Waals surface area contributed by atoms with Gasteiger partial charge in [0.1, 0.15) is 11.4 Å². The number of pyridine rings is 1. The molecular formula is C6H5ClNOS. The fraction of sp³-hybridized carbons (Fsp3) is 0.167. The standard InChI is InChI=1S/C6H5ClNOS/c1-10(9)5-2-3-8-6(7)4-5/h2-3H,1H3. The maximum atomic E-state index is 10.8. The van der Waals surface area contributed by atoms with Gasteiger partial charge in [-0.05, 0) is 11.2 Å². The zero-order valence-corrected chi connectivity index (χ0v) is 6.87. The van der Waals surface area contributed by atoms with Crippen LogP contribution in [0.3, 0.4) is 0 Å². The van der Waals surface area contributed by atoms with Crippen molar-refractivity contribution in [1.82, 2.24) is 4.98 Å². The molecule has 0 amide bonds. The molecule has 0 N–H and O–H groups in total. The first-order valence-electron chi connectivity index (χ1n) is 2.57. The van der Waals surface area contributed by atoms with Crippen molar-refractivity contribution in [2.24, 2.45) is 0 Å². The lowest BCUT2D eigenvalue weighted by Gasteiger charge is -2.01. The van der Waals surface area contributed by atoms with E-state index < -0.39 is 11.2 Å². The van der Waals surface area contributed by atoms with Crippen LogP contribution in [0.5, 0.6) is 0 Å². The lowest BCUT2D eigenvalue weighted by molar-refractivity contribution is 0.600. The van der Waals surface area contributed by atoms with Gasteiger partial charge in [-0.25, -0.2) is 4.98 Å². The van der Waals surface area contributed by atoms with E-state index in [9.17, 15) is 4.55 Å². The molecule has 0 aliphatic carbocycles. The van der Waals surface area contributed by atoms with Gasteiger partial charge in [-0.15, -0.1) is 0 Å². The predicted octanol–water partition coefficient (Wildman–Crippen LogP) is 1.27. The van der Waals surface area contributed by atoms with E-state index >= 15 is 0 Å². The third-order valence-corrected chi connectivity index (χ3v) is 2.00. The largest absolute Gasteiger partial charge is 0.612 e. The van der Waals surface area contributed by atoms with Gasteiger partial charge in [0.15, 0.2) is 4.90 Å². The maximum Gasteiger partial charge on any atom is 0.165 e. The Morgan fingerprint density at radius 1 is 1.80 bits per heavy atom. The van der Waals surface area contributed by atoms with E-state index in [4.69, 9.17) is 11.6 Å². The molecule has 1 radical (unpaired) electrons. The molecule has 0 aliphatic rings. The van der Waals surface area contributed by atoms with Crippen LogP contribution in [-0.4, -0.2) is 15.8 Å². The quantitative estimate of drug-likeness (QED) is 0.475. The number of aromatic nitrogens is 1. The van der Waals surface area contributed by atoms with Crippen molar-refractivity contribution in [1.29, 1.82) is 0 Å². The first-order chi connectivity index (χ1) is 4.70. The van der Waals surface area contributed by atoms with E-state index in [-0.39, 0.29) is 5.15 Å². The molecule has 0 bridgehead atoms. The van der Waals surface area contributed by atoms with E-state index in [1.807, 2.05) is 0 Å². The summed E-state index contributed by atoms with van der Waals surface area (Å²) in [6.07, 6.45) is 3.08. The van der Waals surface area contributed by atoms with Crippen LogP contribution >= 0.6 is 11.6 Å². The minimum Gasteiger partial charge on any atom is -0.612 e. The topological polar surface area (TPSA) is 36.0 Å². The molecule has 1 aromatic rings. The van der Waals surface area contributed by atoms with Gasteiger partial charge < -0.3 is 4.55 Å². The van der Waals surface area contributed by atoms with E-state index in [1.54, 1.807) is 12.3 Å². The average molecular weight is 175 g/mol. The van der Waals surface area contributed by atoms with Gasteiger partial charge in [0.2, 0.25) is 0 Å². The van der Waals surface area contributed by atoms with Crippen LogP contribution in [0.25, 0.3) is 0 Å². The monoisotopic (exact) mass is 174 g/mol. The molecule has 2 nitrogen and oxygen atoms in total. The molecule has 0 aromatic carbocycles. The highest BCUT2D eigenvalue weighted by molar-refractivity contribution is 7.90. The van der Waals surface area contributed by atoms with Gasteiger partial charge in [0, 0.05) is 12.3 Å². The van der Waals surface area contributed by atoms with Gasteiger partial charge in [0.25, 0.3) is 0 Å². The fourth-order valence-electron chi connectivity index (χ4n) is 0.514. The molecule has 4 heteroatoms. The van der Waals surface area contributed by atoms with E-state index in [0.717, 1.165) is 0 Å². The fourth-order valence-corrected chi connectivity index (χ4v) is 1.22. The molecule has 1 aromatic heterocycles. The van der Waals surface area contributed by atoms with Gasteiger partial charge >= 0.3 is 0 Å². The molecule has 1 heterocycles. The summed E-state index contributed by atoms with van der Waals surface area (Å²) < 4.78 is 10.8. The van der Waals surface area contributed by atoms with Crippen LogP contribution in [-0.2, 0) is 11.2 Å². The van der Waals surface area contributed by atoms with E-state index in [0.29, 0.717) is 4.90 Å². The van der Waals surface area contributed by atoms with Crippen LogP contribution in [0, 0.1) is 6.07 Å². The second-order valence-corrected chi connectivity index (χ2v) is 3.39. The molecule has 0 spiro atoms. The number of hydrogen-bond acceptors (Lipinski definition) is 2. The van der Waals surface area contributed by atoms with E-state index in [2.05, 4.69) is 11.1 Å². The highest BCUT2D eigenvalue weighted by Gasteiger charge is 2.03. The molecule has 1 unspecified atom stereocenters. The smallest absolute Gasteiger partial charge is 0.165 e. The zero-order valence-electron chi connectivity index (χ0n) is 5.30. The second kappa shape index (κ2) is 3.23. The summed E-state index contributed by atoms with van der Waals surface area (Å²) in [4.78, 5) is 4.28. The normalized spacial score (nSPS) is 13.1. The maximum absolute atomic E-state index is 10.8.